The third-order valence-electron chi connectivity index (χ3n) is 5.91. The lowest BCUT2D eigenvalue weighted by Crippen LogP contribution is -2.31. The molecule has 0 saturated carbocycles. The monoisotopic (exact) mass is 512 g/mol. The van der Waals surface area contributed by atoms with Crippen molar-refractivity contribution >= 4 is 36.3 Å². The fourth-order valence-corrected chi connectivity index (χ4v) is 5.88. The maximum Gasteiger partial charge on any atom is 0.475 e. The van der Waals surface area contributed by atoms with Crippen LogP contribution in [0.2, 0.25) is 5.02 Å². The first kappa shape index (κ1) is 23.6. The summed E-state index contributed by atoms with van der Waals surface area (Å²) in [5.41, 5.74) is 5.73. The van der Waals surface area contributed by atoms with E-state index < -0.39 is 37.7 Å². The minimum atomic E-state index is -3.92. The van der Waals surface area contributed by atoms with Crippen molar-refractivity contribution < 1.29 is 32.4 Å². The number of ether oxygens (including phenoxy) is 1. The molecule has 0 bridgehead atoms. The number of benzene rings is 1. The second-order valence-corrected chi connectivity index (χ2v) is 10.6. The molecule has 1 aromatic carbocycles. The minimum Gasteiger partial charge on any atom is -0.385 e. The van der Waals surface area contributed by atoms with Crippen molar-refractivity contribution in [2.75, 3.05) is 18.9 Å². The molecule has 10 nitrogen and oxygen atoms in total. The molecule has 13 heteroatoms. The topological polar surface area (TPSA) is 131 Å². The Hall–Kier alpha value is -2.11. The van der Waals surface area contributed by atoms with Crippen molar-refractivity contribution in [2.24, 2.45) is 0 Å². The Morgan fingerprint density at radius 2 is 2.24 bits per heavy atom. The SMILES string of the molecule is C[C@@]1(O)C[C@@H](COP2(=O)OCC[C@H](c3ccc(F)c(Cl)c3)O2)O[C@H]1n1ccc2c(N)ncnc21. The molecule has 2 fully saturated rings. The van der Waals surface area contributed by atoms with Gasteiger partial charge in [0.25, 0.3) is 0 Å². The minimum absolute atomic E-state index is 0.0551. The number of hydrogen-bond acceptors (Lipinski definition) is 9. The van der Waals surface area contributed by atoms with Crippen molar-refractivity contribution in [1.82, 2.24) is 14.5 Å². The first-order valence-electron chi connectivity index (χ1n) is 10.6. The van der Waals surface area contributed by atoms with Crippen LogP contribution in [0.3, 0.4) is 0 Å². The van der Waals surface area contributed by atoms with Crippen molar-refractivity contribution in [3.63, 3.8) is 0 Å². The maximum atomic E-state index is 13.5. The molecule has 5 rings (SSSR count). The van der Waals surface area contributed by atoms with Crippen LogP contribution in [-0.4, -0.2) is 44.6 Å². The van der Waals surface area contributed by atoms with E-state index in [0.29, 0.717) is 28.8 Å². The molecule has 0 aliphatic carbocycles. The van der Waals surface area contributed by atoms with Gasteiger partial charge in [-0.1, -0.05) is 17.7 Å². The number of nitrogen functional groups attached to an aromatic ring is 1. The van der Waals surface area contributed by atoms with Crippen molar-refractivity contribution in [1.29, 1.82) is 0 Å². The summed E-state index contributed by atoms with van der Waals surface area (Å²) >= 11 is 5.86. The number of nitrogens with zero attached hydrogens (tertiary/aromatic N) is 3. The number of rotatable bonds is 5. The fourth-order valence-electron chi connectivity index (χ4n) is 4.27. The zero-order chi connectivity index (χ0) is 24.1. The predicted molar refractivity (Wildman–Crippen MR) is 120 cm³/mol. The molecular weight excluding hydrogens is 490 g/mol. The first-order valence-corrected chi connectivity index (χ1v) is 12.5. The van der Waals surface area contributed by atoms with Crippen LogP contribution in [-0.2, 0) is 22.9 Å². The summed E-state index contributed by atoms with van der Waals surface area (Å²) in [5, 5.41) is 11.6. The summed E-state index contributed by atoms with van der Waals surface area (Å²) in [4.78, 5) is 8.22. The third kappa shape index (κ3) is 4.45. The Bertz CT molecular complexity index is 1270. The first-order chi connectivity index (χ1) is 16.2. The van der Waals surface area contributed by atoms with E-state index in [2.05, 4.69) is 9.97 Å². The van der Waals surface area contributed by atoms with Gasteiger partial charge in [0.1, 0.15) is 29.2 Å². The smallest absolute Gasteiger partial charge is 0.385 e. The molecule has 3 N–H and O–H groups in total. The van der Waals surface area contributed by atoms with Gasteiger partial charge in [-0.25, -0.2) is 18.9 Å². The van der Waals surface area contributed by atoms with Crippen LogP contribution in [0.25, 0.3) is 11.0 Å². The van der Waals surface area contributed by atoms with E-state index in [1.165, 1.54) is 24.5 Å². The standard InChI is InChI=1S/C21H23ClFN4O6P/c1-21(28)9-13(32-20(21)27-6-4-14-18(24)25-11-26-19(14)27)10-31-34(29)30-7-5-17(33-34)12-2-3-16(23)15(22)8-12/h2-4,6,8,11,13,17,20,28H,5,7,9-10H2,1H3,(H2,24,25,26)/t13-,17+,20+,21+,34?/m0/s1. The van der Waals surface area contributed by atoms with Crippen LogP contribution in [0.15, 0.2) is 36.8 Å². The molecule has 0 spiro atoms. The zero-order valence-electron chi connectivity index (χ0n) is 18.1. The summed E-state index contributed by atoms with van der Waals surface area (Å²) in [6.45, 7) is 1.62. The second-order valence-electron chi connectivity index (χ2n) is 8.52. The maximum absolute atomic E-state index is 13.5. The van der Waals surface area contributed by atoms with Gasteiger partial charge in [-0.15, -0.1) is 0 Å². The van der Waals surface area contributed by atoms with Crippen LogP contribution >= 0.6 is 19.4 Å². The summed E-state index contributed by atoms with van der Waals surface area (Å²) in [7, 11) is -3.92. The van der Waals surface area contributed by atoms with E-state index in [0.717, 1.165) is 0 Å². The van der Waals surface area contributed by atoms with Gasteiger partial charge in [-0.2, -0.15) is 0 Å². The van der Waals surface area contributed by atoms with Gasteiger partial charge in [0.05, 0.1) is 35.8 Å². The predicted octanol–water partition coefficient (Wildman–Crippen LogP) is 4.15. The Labute approximate surface area is 199 Å². The average molecular weight is 513 g/mol. The van der Waals surface area contributed by atoms with Crippen LogP contribution in [0.5, 0.6) is 0 Å². The van der Waals surface area contributed by atoms with E-state index in [-0.39, 0.29) is 24.7 Å². The molecule has 0 radical (unpaired) electrons. The molecule has 2 saturated heterocycles. The lowest BCUT2D eigenvalue weighted by molar-refractivity contribution is -0.0866. The molecule has 2 aliphatic heterocycles. The highest BCUT2D eigenvalue weighted by Crippen LogP contribution is 2.57. The van der Waals surface area contributed by atoms with Gasteiger partial charge in [0.2, 0.25) is 0 Å². The molecule has 182 valence electrons. The Balaban J connectivity index is 1.27. The lowest BCUT2D eigenvalue weighted by atomic mass is 10.0. The highest BCUT2D eigenvalue weighted by Gasteiger charge is 2.47. The van der Waals surface area contributed by atoms with Gasteiger partial charge in [0.15, 0.2) is 6.23 Å². The number of phosphoric ester groups is 1. The van der Waals surface area contributed by atoms with Gasteiger partial charge in [-0.3, -0.25) is 13.6 Å². The van der Waals surface area contributed by atoms with Crippen LogP contribution in [0.1, 0.15) is 37.7 Å². The highest BCUT2D eigenvalue weighted by atomic mass is 35.5. The number of fused-ring (bicyclic) bond motifs is 1. The van der Waals surface area contributed by atoms with Crippen LogP contribution < -0.4 is 5.73 Å². The average Bonchev–Trinajstić information content (AvgIpc) is 3.35. The third-order valence-corrected chi connectivity index (χ3v) is 7.67. The summed E-state index contributed by atoms with van der Waals surface area (Å²) in [6, 6.07) is 5.91. The normalized spacial score (nSPS) is 31.8. The molecule has 1 unspecified atom stereocenters. The van der Waals surface area contributed by atoms with E-state index in [1.54, 1.807) is 23.8 Å². The zero-order valence-corrected chi connectivity index (χ0v) is 19.8. The molecule has 2 aromatic heterocycles. The lowest BCUT2D eigenvalue weighted by Gasteiger charge is -2.29. The number of aliphatic hydroxyl groups is 1. The molecule has 34 heavy (non-hydrogen) atoms. The number of halogens is 2. The molecule has 5 atom stereocenters. The number of hydrogen-bond donors (Lipinski definition) is 2. The van der Waals surface area contributed by atoms with Gasteiger partial charge in [0, 0.05) is 19.0 Å². The van der Waals surface area contributed by atoms with Crippen molar-refractivity contribution in [3.8, 4) is 0 Å². The fraction of sp³-hybridized carbons (Fsp3) is 0.429. The largest absolute Gasteiger partial charge is 0.475 e. The summed E-state index contributed by atoms with van der Waals surface area (Å²) < 4.78 is 50.7. The van der Waals surface area contributed by atoms with Crippen LogP contribution in [0, 0.1) is 5.82 Å². The molecule has 4 heterocycles. The Morgan fingerprint density at radius 3 is 3.03 bits per heavy atom. The van der Waals surface area contributed by atoms with Crippen LogP contribution in [0.4, 0.5) is 10.2 Å². The molecule has 0 amide bonds. The molecule has 2 aliphatic rings. The number of phosphoric acid groups is 1. The quantitative estimate of drug-likeness (QED) is 0.484. The van der Waals surface area contributed by atoms with E-state index >= 15 is 0 Å². The van der Waals surface area contributed by atoms with Gasteiger partial charge >= 0.3 is 7.82 Å². The molecular formula is C21H23ClFN4O6P. The van der Waals surface area contributed by atoms with Gasteiger partial charge in [-0.05, 0) is 30.7 Å². The van der Waals surface area contributed by atoms with E-state index in [4.69, 9.17) is 35.6 Å². The van der Waals surface area contributed by atoms with E-state index in [1.807, 2.05) is 0 Å². The summed E-state index contributed by atoms with van der Waals surface area (Å²) in [6.07, 6.45) is 1.64. The van der Waals surface area contributed by atoms with Gasteiger partial charge < -0.3 is 20.1 Å². The highest BCUT2D eigenvalue weighted by molar-refractivity contribution is 7.48. The molecule has 3 aromatic rings. The van der Waals surface area contributed by atoms with E-state index in [9.17, 15) is 14.1 Å². The number of aromatic nitrogens is 3. The second kappa shape index (κ2) is 8.83. The Morgan fingerprint density at radius 1 is 1.41 bits per heavy atom. The Kier molecular flexibility index (Phi) is 6.14. The number of anilines is 1. The van der Waals surface area contributed by atoms with Crippen molar-refractivity contribution in [2.45, 2.75) is 43.8 Å². The number of nitrogens with two attached hydrogens (primary N) is 1. The summed E-state index contributed by atoms with van der Waals surface area (Å²) in [5.74, 6) is -0.232. The van der Waals surface area contributed by atoms with Crippen molar-refractivity contribution in [3.05, 3.63) is 53.2 Å².